The predicted molar refractivity (Wildman–Crippen MR) is 108 cm³/mol. The molecule has 9 heteroatoms. The molecule has 0 saturated heterocycles. The lowest BCUT2D eigenvalue weighted by atomic mass is 9.95. The monoisotopic (exact) mass is 452 g/mol. The van der Waals surface area contributed by atoms with Crippen LogP contribution in [0.15, 0.2) is 39.1 Å². The molecule has 0 amide bonds. The number of hydrogen-bond acceptors (Lipinski definition) is 7. The van der Waals surface area contributed by atoms with E-state index in [1.54, 1.807) is 16.4 Å². The number of ether oxygens (including phenoxy) is 2. The van der Waals surface area contributed by atoms with Crippen LogP contribution in [0.2, 0.25) is 0 Å². The van der Waals surface area contributed by atoms with Crippen LogP contribution in [0.4, 0.5) is 5.95 Å². The average molecular weight is 453 g/mol. The average Bonchev–Trinajstić information content (AvgIpc) is 3.04. The minimum absolute atomic E-state index is 0.418. The number of nitrogens with zero attached hydrogens (tertiary/aromatic N) is 3. The van der Waals surface area contributed by atoms with Gasteiger partial charge in [0.2, 0.25) is 11.1 Å². The lowest BCUT2D eigenvalue weighted by Crippen LogP contribution is -2.29. The van der Waals surface area contributed by atoms with Crippen molar-refractivity contribution >= 4 is 39.6 Å². The largest absolute Gasteiger partial charge is 0.494 e. The number of thioether (sulfide) groups is 1. The van der Waals surface area contributed by atoms with E-state index < -0.39 is 12.0 Å². The third-order valence-electron chi connectivity index (χ3n) is 4.08. The summed E-state index contributed by atoms with van der Waals surface area (Å²) in [5, 5.41) is 8.45. The number of anilines is 1. The number of rotatable bonds is 6. The summed E-state index contributed by atoms with van der Waals surface area (Å²) in [5.41, 5.74) is 1.97. The van der Waals surface area contributed by atoms with Crippen LogP contribution in [0.3, 0.4) is 0 Å². The molecule has 144 valence electrons. The second kappa shape index (κ2) is 8.35. The van der Waals surface area contributed by atoms with Crippen LogP contribution < -0.4 is 10.1 Å². The fourth-order valence-electron chi connectivity index (χ4n) is 3.00. The molecule has 0 aliphatic carbocycles. The number of benzene rings is 1. The summed E-state index contributed by atoms with van der Waals surface area (Å²) in [5.74, 6) is 1.71. The highest BCUT2D eigenvalue weighted by molar-refractivity contribution is 9.10. The Morgan fingerprint density at radius 3 is 2.85 bits per heavy atom. The van der Waals surface area contributed by atoms with Crippen molar-refractivity contribution < 1.29 is 14.3 Å². The van der Waals surface area contributed by atoms with Gasteiger partial charge in [0.05, 0.1) is 19.3 Å². The number of carbonyl (C=O) groups excluding carboxylic acids is 1. The maximum absolute atomic E-state index is 12.6. The molecule has 0 bridgehead atoms. The van der Waals surface area contributed by atoms with Gasteiger partial charge in [0, 0.05) is 15.7 Å². The van der Waals surface area contributed by atoms with Crippen LogP contribution in [0, 0.1) is 0 Å². The Morgan fingerprint density at radius 1 is 1.41 bits per heavy atom. The van der Waals surface area contributed by atoms with E-state index in [1.165, 1.54) is 7.11 Å². The van der Waals surface area contributed by atoms with Gasteiger partial charge in [-0.3, -0.25) is 0 Å². The first-order chi connectivity index (χ1) is 13.0. The molecule has 3 rings (SSSR count). The summed E-state index contributed by atoms with van der Waals surface area (Å²) < 4.78 is 13.5. The Kier molecular flexibility index (Phi) is 6.11. The van der Waals surface area contributed by atoms with Crippen LogP contribution in [0.5, 0.6) is 5.75 Å². The fraction of sp³-hybridized carbons (Fsp3) is 0.389. The molecule has 1 aromatic carbocycles. The molecule has 0 spiro atoms. The molecule has 1 unspecified atom stereocenters. The zero-order valence-electron chi connectivity index (χ0n) is 15.6. The number of methoxy groups -OCH3 is 1. The van der Waals surface area contributed by atoms with Crippen LogP contribution >= 0.6 is 27.7 Å². The van der Waals surface area contributed by atoms with Crippen LogP contribution in [-0.2, 0) is 9.53 Å². The van der Waals surface area contributed by atoms with E-state index in [9.17, 15) is 4.79 Å². The maximum Gasteiger partial charge on any atom is 0.338 e. The highest BCUT2D eigenvalue weighted by atomic mass is 79.9. The van der Waals surface area contributed by atoms with E-state index >= 15 is 0 Å². The molecule has 7 nitrogen and oxygen atoms in total. The van der Waals surface area contributed by atoms with E-state index in [1.807, 2.05) is 39.0 Å². The number of fused-ring (bicyclic) bond motifs is 1. The van der Waals surface area contributed by atoms with Crippen LogP contribution in [-0.4, -0.2) is 40.2 Å². The summed E-state index contributed by atoms with van der Waals surface area (Å²) in [7, 11) is 1.37. The summed E-state index contributed by atoms with van der Waals surface area (Å²) in [6, 6.07) is 5.22. The molecule has 27 heavy (non-hydrogen) atoms. The zero-order chi connectivity index (χ0) is 19.6. The van der Waals surface area contributed by atoms with Crippen molar-refractivity contribution in [3.05, 3.63) is 39.5 Å². The summed E-state index contributed by atoms with van der Waals surface area (Å²) in [6.07, 6.45) is 0. The number of allylic oxidation sites excluding steroid dienone is 1. The Bertz CT molecular complexity index is 897. The van der Waals surface area contributed by atoms with Gasteiger partial charge in [0.15, 0.2) is 0 Å². The van der Waals surface area contributed by atoms with Gasteiger partial charge in [-0.15, -0.1) is 5.10 Å². The zero-order valence-corrected chi connectivity index (χ0v) is 18.0. The van der Waals surface area contributed by atoms with Gasteiger partial charge < -0.3 is 14.8 Å². The minimum atomic E-state index is -0.508. The van der Waals surface area contributed by atoms with Crippen molar-refractivity contribution in [1.82, 2.24) is 14.8 Å². The van der Waals surface area contributed by atoms with Crippen LogP contribution in [0.1, 0.15) is 32.4 Å². The molecule has 1 aromatic heterocycles. The number of carbonyl (C=O) groups is 1. The van der Waals surface area contributed by atoms with Crippen molar-refractivity contribution in [3.63, 3.8) is 0 Å². The predicted octanol–water partition coefficient (Wildman–Crippen LogP) is 4.01. The van der Waals surface area contributed by atoms with Gasteiger partial charge in [-0.05, 0) is 37.8 Å². The highest BCUT2D eigenvalue weighted by Gasteiger charge is 2.36. The molecule has 0 radical (unpaired) electrons. The van der Waals surface area contributed by atoms with Gasteiger partial charge >= 0.3 is 5.97 Å². The highest BCUT2D eigenvalue weighted by Crippen LogP contribution is 2.41. The normalized spacial score (nSPS) is 16.0. The fourth-order valence-corrected chi connectivity index (χ4v) is 3.94. The Hall–Kier alpha value is -2.00. The SMILES string of the molecule is CCOc1ccc(Br)cc1C1C(C(=O)OC)=C(C)Nc2nc(SCC)nn21. The molecule has 1 N–H and O–H groups in total. The number of nitrogens with one attached hydrogen (secondary N) is 1. The molecule has 0 saturated carbocycles. The lowest BCUT2D eigenvalue weighted by Gasteiger charge is -2.29. The molecule has 1 aliphatic rings. The second-order valence-corrected chi connectivity index (χ2v) is 7.92. The summed E-state index contributed by atoms with van der Waals surface area (Å²) in [6.45, 7) is 6.31. The number of aromatic nitrogens is 3. The molecule has 1 aliphatic heterocycles. The Labute approximate surface area is 170 Å². The molecule has 1 atom stereocenters. The van der Waals surface area contributed by atoms with Crippen molar-refractivity contribution in [1.29, 1.82) is 0 Å². The number of hydrogen-bond donors (Lipinski definition) is 1. The first kappa shape index (κ1) is 19.8. The molecular formula is C18H21BrN4O3S. The first-order valence-electron chi connectivity index (χ1n) is 8.57. The summed E-state index contributed by atoms with van der Waals surface area (Å²) >= 11 is 5.06. The molecule has 0 fully saturated rings. The summed E-state index contributed by atoms with van der Waals surface area (Å²) in [4.78, 5) is 17.2. The first-order valence-corrected chi connectivity index (χ1v) is 10.4. The van der Waals surface area contributed by atoms with Gasteiger partial charge in [0.25, 0.3) is 0 Å². The smallest absolute Gasteiger partial charge is 0.338 e. The Balaban J connectivity index is 2.23. The van der Waals surface area contributed by atoms with Gasteiger partial charge in [-0.25, -0.2) is 9.48 Å². The van der Waals surface area contributed by atoms with E-state index in [4.69, 9.17) is 9.47 Å². The molecular weight excluding hydrogens is 432 g/mol. The van der Waals surface area contributed by atoms with Crippen molar-refractivity contribution in [3.8, 4) is 5.75 Å². The third kappa shape index (κ3) is 3.84. The van der Waals surface area contributed by atoms with Crippen LogP contribution in [0.25, 0.3) is 0 Å². The van der Waals surface area contributed by atoms with Gasteiger partial charge in [-0.2, -0.15) is 4.98 Å². The standard InChI is InChI=1S/C18H21BrN4O3S/c1-5-26-13-8-7-11(19)9-12(13)15-14(16(24)25-4)10(3)20-17-21-18(27-6-2)22-23(15)17/h7-9,15H,5-6H2,1-4H3,(H,20,21,22). The second-order valence-electron chi connectivity index (χ2n) is 5.77. The van der Waals surface area contributed by atoms with E-state index in [2.05, 4.69) is 31.3 Å². The quantitative estimate of drug-likeness (QED) is 0.523. The minimum Gasteiger partial charge on any atom is -0.494 e. The third-order valence-corrected chi connectivity index (χ3v) is 5.29. The van der Waals surface area contributed by atoms with E-state index in [0.29, 0.717) is 34.7 Å². The van der Waals surface area contributed by atoms with Crippen molar-refractivity contribution in [2.24, 2.45) is 0 Å². The maximum atomic E-state index is 12.6. The van der Waals surface area contributed by atoms with Crippen molar-refractivity contribution in [2.45, 2.75) is 32.0 Å². The molecule has 2 heterocycles. The molecule has 2 aromatic rings. The lowest BCUT2D eigenvalue weighted by molar-refractivity contribution is -0.136. The van der Waals surface area contributed by atoms with Gasteiger partial charge in [-0.1, -0.05) is 34.6 Å². The van der Waals surface area contributed by atoms with Gasteiger partial charge in [0.1, 0.15) is 11.8 Å². The topological polar surface area (TPSA) is 78.3 Å². The number of esters is 1. The van der Waals surface area contributed by atoms with E-state index in [-0.39, 0.29) is 0 Å². The Morgan fingerprint density at radius 2 is 2.19 bits per heavy atom. The van der Waals surface area contributed by atoms with Crippen molar-refractivity contribution in [2.75, 3.05) is 24.8 Å². The number of halogens is 1. The van der Waals surface area contributed by atoms with E-state index in [0.717, 1.165) is 15.8 Å².